The summed E-state index contributed by atoms with van der Waals surface area (Å²) in [5.41, 5.74) is 1.28. The Kier molecular flexibility index (Phi) is 4.63. The van der Waals surface area contributed by atoms with E-state index >= 15 is 0 Å². The van der Waals surface area contributed by atoms with E-state index in [1.165, 1.54) is 5.70 Å². The van der Waals surface area contributed by atoms with Gasteiger partial charge in [0.1, 0.15) is 0 Å². The van der Waals surface area contributed by atoms with Gasteiger partial charge >= 0.3 is 0 Å². The molecule has 0 aromatic rings. The maximum Gasteiger partial charge on any atom is 0.0892 e. The van der Waals surface area contributed by atoms with Crippen LogP contribution in [0.25, 0.3) is 0 Å². The summed E-state index contributed by atoms with van der Waals surface area (Å²) in [5.74, 6) is 0. The minimum atomic E-state index is 0.843. The van der Waals surface area contributed by atoms with Crippen molar-refractivity contribution in [3.8, 4) is 0 Å². The standard InChI is InChI=1S/C6H10N2.C2H6/c1-6-3-4-7-5-8(6)2;1-2/h3,5H,4H2,1-2H3;1-2H3. The van der Waals surface area contributed by atoms with Crippen LogP contribution in [0.4, 0.5) is 0 Å². The zero-order chi connectivity index (χ0) is 7.98. The molecule has 0 aromatic carbocycles. The lowest BCUT2D eigenvalue weighted by Crippen LogP contribution is -2.16. The Hall–Kier alpha value is -0.790. The highest BCUT2D eigenvalue weighted by molar-refractivity contribution is 5.58. The molecule has 0 saturated carbocycles. The molecule has 0 unspecified atom stereocenters. The maximum atomic E-state index is 4.03. The molecule has 1 heterocycles. The molecule has 0 aliphatic carbocycles. The average Bonchev–Trinajstić information content (AvgIpc) is 2.00. The van der Waals surface area contributed by atoms with Gasteiger partial charge in [-0.1, -0.05) is 13.8 Å². The third-order valence-corrected chi connectivity index (χ3v) is 1.30. The SMILES string of the molecule is CC.CC1=CCN=CN1C. The minimum absolute atomic E-state index is 0.843. The summed E-state index contributed by atoms with van der Waals surface area (Å²) in [6.07, 6.45) is 3.94. The topological polar surface area (TPSA) is 15.6 Å². The quantitative estimate of drug-likeness (QED) is 0.501. The highest BCUT2D eigenvalue weighted by atomic mass is 15.1. The van der Waals surface area contributed by atoms with Crippen molar-refractivity contribution >= 4 is 6.34 Å². The molecule has 0 atom stereocenters. The van der Waals surface area contributed by atoms with Crippen molar-refractivity contribution in [1.82, 2.24) is 4.90 Å². The van der Waals surface area contributed by atoms with Crippen LogP contribution >= 0.6 is 0 Å². The van der Waals surface area contributed by atoms with Crippen molar-refractivity contribution in [3.05, 3.63) is 11.8 Å². The summed E-state index contributed by atoms with van der Waals surface area (Å²) >= 11 is 0. The van der Waals surface area contributed by atoms with E-state index in [0.717, 1.165) is 6.54 Å². The van der Waals surface area contributed by atoms with Gasteiger partial charge in [-0.05, 0) is 13.0 Å². The minimum Gasteiger partial charge on any atom is -0.340 e. The predicted molar refractivity (Wildman–Crippen MR) is 46.2 cm³/mol. The Morgan fingerprint density at radius 1 is 1.50 bits per heavy atom. The average molecular weight is 140 g/mol. The Balaban J connectivity index is 0.000000371. The number of aliphatic imine (C=N–C) groups is 1. The van der Waals surface area contributed by atoms with Crippen LogP contribution in [0.15, 0.2) is 16.8 Å². The van der Waals surface area contributed by atoms with Gasteiger partial charge in [0.25, 0.3) is 0 Å². The molecule has 2 heteroatoms. The molecule has 0 radical (unpaired) electrons. The van der Waals surface area contributed by atoms with Crippen LogP contribution in [0, 0.1) is 0 Å². The summed E-state index contributed by atoms with van der Waals surface area (Å²) in [6, 6.07) is 0. The second-order valence-electron chi connectivity index (χ2n) is 1.94. The van der Waals surface area contributed by atoms with Crippen LogP contribution in [0.3, 0.4) is 0 Å². The largest absolute Gasteiger partial charge is 0.340 e. The van der Waals surface area contributed by atoms with E-state index in [4.69, 9.17) is 0 Å². The molecule has 0 amide bonds. The predicted octanol–water partition coefficient (Wildman–Crippen LogP) is 1.89. The zero-order valence-electron chi connectivity index (χ0n) is 7.26. The van der Waals surface area contributed by atoms with Gasteiger partial charge < -0.3 is 4.90 Å². The van der Waals surface area contributed by atoms with Crippen molar-refractivity contribution in [2.24, 2.45) is 4.99 Å². The van der Waals surface area contributed by atoms with Gasteiger partial charge in [-0.25, -0.2) is 0 Å². The van der Waals surface area contributed by atoms with E-state index in [9.17, 15) is 0 Å². The lowest BCUT2D eigenvalue weighted by Gasteiger charge is -2.15. The third-order valence-electron chi connectivity index (χ3n) is 1.30. The summed E-state index contributed by atoms with van der Waals surface area (Å²) in [5, 5.41) is 0. The number of nitrogens with zero attached hydrogens (tertiary/aromatic N) is 2. The van der Waals surface area contributed by atoms with E-state index < -0.39 is 0 Å². The molecule has 0 fully saturated rings. The van der Waals surface area contributed by atoms with E-state index in [0.29, 0.717) is 0 Å². The second kappa shape index (κ2) is 5.03. The molecule has 0 spiro atoms. The first-order valence-corrected chi connectivity index (χ1v) is 3.70. The van der Waals surface area contributed by atoms with E-state index in [1.807, 2.05) is 32.1 Å². The first-order valence-electron chi connectivity index (χ1n) is 3.70. The fourth-order valence-electron chi connectivity index (χ4n) is 0.589. The summed E-state index contributed by atoms with van der Waals surface area (Å²) in [6.45, 7) is 6.92. The maximum absolute atomic E-state index is 4.03. The Labute approximate surface area is 63.3 Å². The number of hydrogen-bond acceptors (Lipinski definition) is 2. The fourth-order valence-corrected chi connectivity index (χ4v) is 0.589. The number of allylic oxidation sites excluding steroid dienone is 1. The van der Waals surface area contributed by atoms with Crippen LogP contribution < -0.4 is 0 Å². The Morgan fingerprint density at radius 3 is 2.40 bits per heavy atom. The molecule has 58 valence electrons. The number of rotatable bonds is 0. The first kappa shape index (κ1) is 9.21. The Bertz CT molecular complexity index is 136. The molecule has 10 heavy (non-hydrogen) atoms. The molecule has 0 N–H and O–H groups in total. The molecule has 0 bridgehead atoms. The van der Waals surface area contributed by atoms with Crippen LogP contribution in [0.2, 0.25) is 0 Å². The van der Waals surface area contributed by atoms with E-state index in [1.54, 1.807) is 0 Å². The van der Waals surface area contributed by atoms with E-state index in [2.05, 4.69) is 18.0 Å². The lowest BCUT2D eigenvalue weighted by molar-refractivity contribution is 0.629. The zero-order valence-corrected chi connectivity index (χ0v) is 7.26. The summed E-state index contributed by atoms with van der Waals surface area (Å²) < 4.78 is 0. The van der Waals surface area contributed by atoms with Crippen LogP contribution in [0.5, 0.6) is 0 Å². The molecule has 1 aliphatic heterocycles. The highest BCUT2D eigenvalue weighted by Gasteiger charge is 1.96. The molecule has 0 saturated heterocycles. The van der Waals surface area contributed by atoms with Crippen molar-refractivity contribution in [3.63, 3.8) is 0 Å². The van der Waals surface area contributed by atoms with Gasteiger partial charge in [0.15, 0.2) is 0 Å². The van der Waals surface area contributed by atoms with Gasteiger partial charge in [0.05, 0.1) is 12.9 Å². The van der Waals surface area contributed by atoms with Crippen molar-refractivity contribution in [2.45, 2.75) is 20.8 Å². The second-order valence-corrected chi connectivity index (χ2v) is 1.94. The Morgan fingerprint density at radius 2 is 2.10 bits per heavy atom. The summed E-state index contributed by atoms with van der Waals surface area (Å²) in [7, 11) is 1.99. The molecule has 0 aromatic heterocycles. The van der Waals surface area contributed by atoms with Crippen molar-refractivity contribution in [1.29, 1.82) is 0 Å². The fraction of sp³-hybridized carbons (Fsp3) is 0.625. The van der Waals surface area contributed by atoms with Crippen LogP contribution in [-0.4, -0.2) is 24.8 Å². The van der Waals surface area contributed by atoms with E-state index in [-0.39, 0.29) is 0 Å². The van der Waals surface area contributed by atoms with Crippen LogP contribution in [0.1, 0.15) is 20.8 Å². The third kappa shape index (κ3) is 2.67. The number of hydrogen-bond donors (Lipinski definition) is 0. The summed E-state index contributed by atoms with van der Waals surface area (Å²) in [4.78, 5) is 6.04. The monoisotopic (exact) mass is 140 g/mol. The molecule has 1 rings (SSSR count). The lowest BCUT2D eigenvalue weighted by atomic mass is 10.4. The van der Waals surface area contributed by atoms with Gasteiger partial charge in [0, 0.05) is 12.7 Å². The molecule has 1 aliphatic rings. The van der Waals surface area contributed by atoms with Crippen molar-refractivity contribution < 1.29 is 0 Å². The normalized spacial score (nSPS) is 15.6. The van der Waals surface area contributed by atoms with Crippen LogP contribution in [-0.2, 0) is 0 Å². The van der Waals surface area contributed by atoms with Gasteiger partial charge in [-0.15, -0.1) is 0 Å². The molecule has 2 nitrogen and oxygen atoms in total. The molecular weight excluding hydrogens is 124 g/mol. The first-order chi connectivity index (χ1) is 4.80. The molecular formula is C8H16N2. The smallest absolute Gasteiger partial charge is 0.0892 e. The highest BCUT2D eigenvalue weighted by Crippen LogP contribution is 2.00. The van der Waals surface area contributed by atoms with Gasteiger partial charge in [-0.3, -0.25) is 4.99 Å². The van der Waals surface area contributed by atoms with Crippen molar-refractivity contribution in [2.75, 3.05) is 13.6 Å². The van der Waals surface area contributed by atoms with Gasteiger partial charge in [0.2, 0.25) is 0 Å². The van der Waals surface area contributed by atoms with Gasteiger partial charge in [-0.2, -0.15) is 0 Å².